The van der Waals surface area contributed by atoms with Gasteiger partial charge >= 0.3 is 0 Å². The summed E-state index contributed by atoms with van der Waals surface area (Å²) in [6.45, 7) is 2.60. The van der Waals surface area contributed by atoms with Crippen molar-refractivity contribution in [1.29, 1.82) is 0 Å². The van der Waals surface area contributed by atoms with Crippen molar-refractivity contribution in [2.24, 2.45) is 0 Å². The van der Waals surface area contributed by atoms with Gasteiger partial charge in [-0.15, -0.1) is 11.3 Å². The summed E-state index contributed by atoms with van der Waals surface area (Å²) in [5.41, 5.74) is 2.32. The van der Waals surface area contributed by atoms with Crippen molar-refractivity contribution in [2.75, 3.05) is 0 Å². The first-order valence-corrected chi connectivity index (χ1v) is 7.51. The summed E-state index contributed by atoms with van der Waals surface area (Å²) in [6, 6.07) is 12.1. The van der Waals surface area contributed by atoms with Crippen LogP contribution in [0.3, 0.4) is 0 Å². The third-order valence-electron chi connectivity index (χ3n) is 2.58. The highest BCUT2D eigenvalue weighted by Crippen LogP contribution is 2.22. The zero-order chi connectivity index (χ0) is 13.7. The molecule has 0 spiro atoms. The number of rotatable bonds is 4. The van der Waals surface area contributed by atoms with Crippen LogP contribution < -0.4 is 5.32 Å². The number of carbonyl (C=O) groups excluding carboxylic acids is 1. The molecule has 0 aliphatic rings. The van der Waals surface area contributed by atoms with Gasteiger partial charge in [-0.3, -0.25) is 4.79 Å². The van der Waals surface area contributed by atoms with Crippen LogP contribution in [-0.4, -0.2) is 5.91 Å². The van der Waals surface area contributed by atoms with Gasteiger partial charge in [0.15, 0.2) is 0 Å². The predicted molar refractivity (Wildman–Crippen MR) is 84.1 cm³/mol. The quantitative estimate of drug-likeness (QED) is 0.835. The van der Waals surface area contributed by atoms with Crippen LogP contribution in [0.15, 0.2) is 46.3 Å². The molecular formula is C15H14BrNOS. The standard InChI is InChI=1S/C15H14BrNOS/c1-11-2-4-12(5-3-11)10-17-15(18)9-7-13-6-8-14(16)19-13/h2-9H,10H2,1H3,(H,17,18)/b9-7+. The zero-order valence-corrected chi connectivity index (χ0v) is 12.9. The number of carbonyl (C=O) groups is 1. The molecule has 0 saturated carbocycles. The third-order valence-corrected chi connectivity index (χ3v) is 4.17. The molecule has 0 aliphatic carbocycles. The molecule has 0 saturated heterocycles. The number of thiophene rings is 1. The van der Waals surface area contributed by atoms with Gasteiger partial charge in [0, 0.05) is 17.5 Å². The summed E-state index contributed by atoms with van der Waals surface area (Å²) in [4.78, 5) is 12.7. The van der Waals surface area contributed by atoms with Crippen LogP contribution in [-0.2, 0) is 11.3 Å². The fraction of sp³-hybridized carbons (Fsp3) is 0.133. The van der Waals surface area contributed by atoms with E-state index in [4.69, 9.17) is 0 Å². The van der Waals surface area contributed by atoms with Crippen LogP contribution in [0.4, 0.5) is 0 Å². The average Bonchev–Trinajstić information content (AvgIpc) is 2.81. The first kappa shape index (κ1) is 14.0. The Kier molecular flexibility index (Phi) is 4.93. The second-order valence-electron chi connectivity index (χ2n) is 4.18. The Morgan fingerprint density at radius 3 is 2.63 bits per heavy atom. The lowest BCUT2D eigenvalue weighted by atomic mass is 10.1. The van der Waals surface area contributed by atoms with Gasteiger partial charge < -0.3 is 5.32 Å². The van der Waals surface area contributed by atoms with Gasteiger partial charge in [0.2, 0.25) is 5.91 Å². The SMILES string of the molecule is Cc1ccc(CNC(=O)/C=C/c2ccc(Br)s2)cc1. The van der Waals surface area contributed by atoms with Crippen LogP contribution in [0.5, 0.6) is 0 Å². The summed E-state index contributed by atoms with van der Waals surface area (Å²) >= 11 is 4.99. The lowest BCUT2D eigenvalue weighted by molar-refractivity contribution is -0.116. The summed E-state index contributed by atoms with van der Waals surface area (Å²) in [6.07, 6.45) is 3.38. The topological polar surface area (TPSA) is 29.1 Å². The van der Waals surface area contributed by atoms with E-state index in [1.165, 1.54) is 5.56 Å². The number of hydrogen-bond donors (Lipinski definition) is 1. The van der Waals surface area contributed by atoms with Crippen molar-refractivity contribution in [2.45, 2.75) is 13.5 Å². The maximum atomic E-state index is 11.7. The Hall–Kier alpha value is -1.39. The van der Waals surface area contributed by atoms with Crippen LogP contribution >= 0.6 is 27.3 Å². The lowest BCUT2D eigenvalue weighted by Gasteiger charge is -2.02. The normalized spacial score (nSPS) is 10.8. The monoisotopic (exact) mass is 335 g/mol. The molecule has 0 radical (unpaired) electrons. The van der Waals surface area contributed by atoms with Crippen molar-refractivity contribution in [3.8, 4) is 0 Å². The molecule has 4 heteroatoms. The van der Waals surface area contributed by atoms with E-state index in [2.05, 4.69) is 21.2 Å². The average molecular weight is 336 g/mol. The first-order valence-electron chi connectivity index (χ1n) is 5.90. The Labute approximate surface area is 125 Å². The molecule has 1 heterocycles. The minimum Gasteiger partial charge on any atom is -0.348 e. The van der Waals surface area contributed by atoms with E-state index in [9.17, 15) is 4.79 Å². The smallest absolute Gasteiger partial charge is 0.244 e. The predicted octanol–water partition coefficient (Wildman–Crippen LogP) is 4.15. The molecule has 1 aromatic carbocycles. The maximum absolute atomic E-state index is 11.7. The highest BCUT2D eigenvalue weighted by Gasteiger charge is 1.98. The second kappa shape index (κ2) is 6.68. The van der Waals surface area contributed by atoms with Gasteiger partial charge in [-0.05, 0) is 46.6 Å². The molecule has 2 rings (SSSR count). The number of hydrogen-bond acceptors (Lipinski definition) is 2. The largest absolute Gasteiger partial charge is 0.348 e. The fourth-order valence-corrected chi connectivity index (χ4v) is 2.86. The van der Waals surface area contributed by atoms with Crippen molar-refractivity contribution >= 4 is 39.2 Å². The number of aryl methyl sites for hydroxylation is 1. The lowest BCUT2D eigenvalue weighted by Crippen LogP contribution is -2.20. The summed E-state index contributed by atoms with van der Waals surface area (Å²) in [5, 5.41) is 2.86. The second-order valence-corrected chi connectivity index (χ2v) is 6.67. The van der Waals surface area contributed by atoms with Crippen LogP contribution in [0.2, 0.25) is 0 Å². The minimum absolute atomic E-state index is 0.0786. The molecule has 0 aliphatic heterocycles. The van der Waals surface area contributed by atoms with Gasteiger partial charge in [-0.2, -0.15) is 0 Å². The Bertz CT molecular complexity index is 586. The molecule has 0 fully saturated rings. The van der Waals surface area contributed by atoms with Crippen LogP contribution in [0.25, 0.3) is 6.08 Å². The van der Waals surface area contributed by atoms with Gasteiger partial charge in [-0.25, -0.2) is 0 Å². The minimum atomic E-state index is -0.0786. The van der Waals surface area contributed by atoms with E-state index in [0.717, 1.165) is 14.2 Å². The highest BCUT2D eigenvalue weighted by atomic mass is 79.9. The third kappa shape index (κ3) is 4.65. The number of halogens is 1. The van der Waals surface area contributed by atoms with E-state index < -0.39 is 0 Å². The van der Waals surface area contributed by atoms with E-state index in [-0.39, 0.29) is 5.91 Å². The van der Waals surface area contributed by atoms with E-state index >= 15 is 0 Å². The van der Waals surface area contributed by atoms with Crippen molar-refractivity contribution in [3.05, 3.63) is 62.3 Å². The van der Waals surface area contributed by atoms with Gasteiger partial charge in [0.25, 0.3) is 0 Å². The molecule has 0 bridgehead atoms. The van der Waals surface area contributed by atoms with Crippen LogP contribution in [0, 0.1) is 6.92 Å². The summed E-state index contributed by atoms with van der Waals surface area (Å²) in [7, 11) is 0. The van der Waals surface area contributed by atoms with E-state index in [0.29, 0.717) is 6.54 Å². The number of nitrogens with one attached hydrogen (secondary N) is 1. The molecule has 1 amide bonds. The molecule has 19 heavy (non-hydrogen) atoms. The van der Waals surface area contributed by atoms with E-state index in [1.807, 2.05) is 49.4 Å². The molecule has 2 aromatic rings. The zero-order valence-electron chi connectivity index (χ0n) is 10.5. The first-order chi connectivity index (χ1) is 9.13. The maximum Gasteiger partial charge on any atom is 0.244 e. The molecule has 0 unspecified atom stereocenters. The molecule has 2 nitrogen and oxygen atoms in total. The number of benzene rings is 1. The molecule has 1 aromatic heterocycles. The van der Waals surface area contributed by atoms with Crippen molar-refractivity contribution in [1.82, 2.24) is 5.32 Å². The summed E-state index contributed by atoms with van der Waals surface area (Å²) < 4.78 is 1.06. The molecular weight excluding hydrogens is 322 g/mol. The molecule has 1 N–H and O–H groups in total. The fourth-order valence-electron chi connectivity index (χ4n) is 1.53. The molecule has 98 valence electrons. The van der Waals surface area contributed by atoms with E-state index in [1.54, 1.807) is 17.4 Å². The Morgan fingerprint density at radius 2 is 2.00 bits per heavy atom. The Balaban J connectivity index is 1.84. The van der Waals surface area contributed by atoms with Crippen molar-refractivity contribution in [3.63, 3.8) is 0 Å². The van der Waals surface area contributed by atoms with Gasteiger partial charge in [0.1, 0.15) is 0 Å². The summed E-state index contributed by atoms with van der Waals surface area (Å²) in [5.74, 6) is -0.0786. The highest BCUT2D eigenvalue weighted by molar-refractivity contribution is 9.11. The van der Waals surface area contributed by atoms with Gasteiger partial charge in [-0.1, -0.05) is 29.8 Å². The number of amides is 1. The van der Waals surface area contributed by atoms with Crippen molar-refractivity contribution < 1.29 is 4.79 Å². The van der Waals surface area contributed by atoms with Crippen LogP contribution in [0.1, 0.15) is 16.0 Å². The Morgan fingerprint density at radius 1 is 1.26 bits per heavy atom. The van der Waals surface area contributed by atoms with Gasteiger partial charge in [0.05, 0.1) is 3.79 Å². The molecule has 0 atom stereocenters.